The van der Waals surface area contributed by atoms with Gasteiger partial charge in [-0.25, -0.2) is 0 Å². The van der Waals surface area contributed by atoms with Crippen LogP contribution in [0.2, 0.25) is 0 Å². The average molecular weight is 435 g/mol. The van der Waals surface area contributed by atoms with Crippen LogP contribution in [0, 0.1) is 13.8 Å². The van der Waals surface area contributed by atoms with Crippen molar-refractivity contribution in [3.8, 4) is 0 Å². The number of anilines is 2. The molecule has 4 heteroatoms. The van der Waals surface area contributed by atoms with Crippen LogP contribution in [0.4, 0.5) is 11.4 Å². The first-order valence-electron chi connectivity index (χ1n) is 10.9. The molecule has 0 saturated carbocycles. The van der Waals surface area contributed by atoms with Crippen molar-refractivity contribution in [2.45, 2.75) is 20.8 Å². The molecule has 0 atom stereocenters. The summed E-state index contributed by atoms with van der Waals surface area (Å²) in [6, 6.07) is 22.9. The average Bonchev–Trinajstić information content (AvgIpc) is 2.82. The van der Waals surface area contributed by atoms with Crippen molar-refractivity contribution in [1.29, 1.82) is 0 Å². The van der Waals surface area contributed by atoms with Crippen LogP contribution in [-0.2, 0) is 0 Å². The Balaban J connectivity index is 1.80. The lowest BCUT2D eigenvalue weighted by Crippen LogP contribution is -2.14. The number of nitrogens with one attached hydrogen (secondary N) is 2. The van der Waals surface area contributed by atoms with Gasteiger partial charge in [0.15, 0.2) is 11.6 Å². The third kappa shape index (κ3) is 5.18. The maximum Gasteiger partial charge on any atom is 0.191 e. The smallest absolute Gasteiger partial charge is 0.191 e. The van der Waals surface area contributed by atoms with Crippen molar-refractivity contribution in [3.05, 3.63) is 130 Å². The predicted octanol–water partition coefficient (Wildman–Crippen LogP) is 6.62. The molecule has 0 radical (unpaired) electrons. The second-order valence-electron chi connectivity index (χ2n) is 8.19. The lowest BCUT2D eigenvalue weighted by Gasteiger charge is -2.16. The molecule has 0 unspecified atom stereocenters. The van der Waals surface area contributed by atoms with Crippen LogP contribution in [0.25, 0.3) is 0 Å². The van der Waals surface area contributed by atoms with Gasteiger partial charge in [0.1, 0.15) is 0 Å². The first kappa shape index (κ1) is 22.0. The Kier molecular flexibility index (Phi) is 6.36. The maximum atomic E-state index is 13.3. The highest BCUT2D eigenvalue weighted by Gasteiger charge is 2.20. The van der Waals surface area contributed by atoms with E-state index in [9.17, 15) is 9.59 Å². The molecule has 2 N–H and O–H groups in total. The molecule has 33 heavy (non-hydrogen) atoms. The summed E-state index contributed by atoms with van der Waals surface area (Å²) in [5.74, 6) is -0.400. The molecule has 0 fully saturated rings. The van der Waals surface area contributed by atoms with Crippen LogP contribution in [0.1, 0.15) is 38.8 Å². The fraction of sp³-hybridized carbons (Fsp3) is 0.103. The van der Waals surface area contributed by atoms with Gasteiger partial charge in [-0.1, -0.05) is 59.7 Å². The second-order valence-corrected chi connectivity index (χ2v) is 8.19. The zero-order chi connectivity index (χ0) is 23.4. The van der Waals surface area contributed by atoms with Gasteiger partial charge in [-0.2, -0.15) is 0 Å². The summed E-state index contributed by atoms with van der Waals surface area (Å²) in [5, 5.41) is 6.69. The fourth-order valence-electron chi connectivity index (χ4n) is 3.59. The number of aryl methyl sites for hydroxylation is 2. The molecule has 1 aliphatic rings. The van der Waals surface area contributed by atoms with Gasteiger partial charge >= 0.3 is 0 Å². The van der Waals surface area contributed by atoms with Crippen molar-refractivity contribution in [3.63, 3.8) is 0 Å². The molecule has 0 saturated heterocycles. The second kappa shape index (κ2) is 9.53. The number of fused-ring (bicyclic) bond motifs is 1. The first-order chi connectivity index (χ1) is 15.9. The lowest BCUT2D eigenvalue weighted by atomic mass is 9.94. The van der Waals surface area contributed by atoms with Gasteiger partial charge in [0.05, 0.1) is 0 Å². The molecule has 1 aliphatic carbocycles. The van der Waals surface area contributed by atoms with E-state index in [0.29, 0.717) is 28.1 Å². The number of hydrogen-bond acceptors (Lipinski definition) is 4. The zero-order valence-corrected chi connectivity index (χ0v) is 19.0. The number of carbonyl (C=O) groups excluding carboxylic acids is 2. The summed E-state index contributed by atoms with van der Waals surface area (Å²) < 4.78 is 0. The first-order valence-corrected chi connectivity index (χ1v) is 10.9. The molecule has 0 spiro atoms. The molecule has 4 rings (SSSR count). The van der Waals surface area contributed by atoms with E-state index in [1.54, 1.807) is 31.2 Å². The van der Waals surface area contributed by atoms with Crippen LogP contribution in [0.15, 0.2) is 108 Å². The number of Topliss-reactive ketones (excluding diaryl/α,β-unsaturated/α-hetero) is 1. The molecule has 0 bridgehead atoms. The summed E-state index contributed by atoms with van der Waals surface area (Å²) in [6.07, 6.45) is 5.19. The SMILES string of the molecule is C\C1=C(Nc2ccc(C)cc2)/C=C\C(Nc2ccc(C)cc2)=C\C(=O)c2ccccc2C1=O. The normalized spacial score (nSPS) is 18.7. The zero-order valence-electron chi connectivity index (χ0n) is 19.0. The van der Waals surface area contributed by atoms with E-state index in [0.717, 1.165) is 22.5 Å². The minimum Gasteiger partial charge on any atom is -0.355 e. The van der Waals surface area contributed by atoms with E-state index < -0.39 is 0 Å². The minimum absolute atomic E-state index is 0.179. The minimum atomic E-state index is -0.221. The molecular formula is C29H26N2O2. The standard InChI is InChI=1S/C29H26N2O2/c1-19-8-12-22(13-9-19)30-24-16-17-27(31-23-14-10-20(2)11-15-23)21(3)29(33)26-7-5-4-6-25(26)28(32)18-24/h4-18,30-31H,1-3H3/b17-16-,24-18-,27-21-. The number of benzene rings is 3. The highest BCUT2D eigenvalue weighted by molar-refractivity contribution is 6.18. The number of rotatable bonds is 4. The quantitative estimate of drug-likeness (QED) is 0.484. The Morgan fingerprint density at radius 3 is 1.76 bits per heavy atom. The van der Waals surface area contributed by atoms with Gasteiger partial charge in [0.2, 0.25) is 0 Å². The largest absolute Gasteiger partial charge is 0.355 e. The highest BCUT2D eigenvalue weighted by Crippen LogP contribution is 2.23. The van der Waals surface area contributed by atoms with E-state index >= 15 is 0 Å². The predicted molar refractivity (Wildman–Crippen MR) is 135 cm³/mol. The number of carbonyl (C=O) groups is 2. The van der Waals surface area contributed by atoms with Gasteiger partial charge < -0.3 is 10.6 Å². The van der Waals surface area contributed by atoms with Crippen molar-refractivity contribution >= 4 is 22.9 Å². The number of hydrogen-bond donors (Lipinski definition) is 2. The van der Waals surface area contributed by atoms with Crippen molar-refractivity contribution < 1.29 is 9.59 Å². The van der Waals surface area contributed by atoms with Crippen LogP contribution in [0.5, 0.6) is 0 Å². The summed E-state index contributed by atoms with van der Waals surface area (Å²) >= 11 is 0. The Morgan fingerprint density at radius 1 is 0.606 bits per heavy atom. The van der Waals surface area contributed by atoms with Gasteiger partial charge in [0.25, 0.3) is 0 Å². The van der Waals surface area contributed by atoms with Gasteiger partial charge in [-0.3, -0.25) is 9.59 Å². The van der Waals surface area contributed by atoms with E-state index in [1.165, 1.54) is 6.08 Å². The van der Waals surface area contributed by atoms with Crippen molar-refractivity contribution in [1.82, 2.24) is 0 Å². The maximum absolute atomic E-state index is 13.3. The van der Waals surface area contributed by atoms with Gasteiger partial charge in [0, 0.05) is 45.5 Å². The van der Waals surface area contributed by atoms with E-state index in [-0.39, 0.29) is 11.6 Å². The molecular weight excluding hydrogens is 408 g/mol. The Morgan fingerprint density at radius 2 is 1.15 bits per heavy atom. The third-order valence-corrected chi connectivity index (χ3v) is 5.57. The van der Waals surface area contributed by atoms with E-state index in [1.807, 2.05) is 74.5 Å². The number of allylic oxidation sites excluding steroid dienone is 4. The van der Waals surface area contributed by atoms with E-state index in [2.05, 4.69) is 10.6 Å². The topological polar surface area (TPSA) is 58.2 Å². The molecule has 164 valence electrons. The van der Waals surface area contributed by atoms with Crippen LogP contribution in [0.3, 0.4) is 0 Å². The van der Waals surface area contributed by atoms with Crippen LogP contribution < -0.4 is 10.6 Å². The molecule has 3 aromatic rings. The lowest BCUT2D eigenvalue weighted by molar-refractivity contribution is 0.100. The van der Waals surface area contributed by atoms with Gasteiger partial charge in [-0.05, 0) is 57.2 Å². The summed E-state index contributed by atoms with van der Waals surface area (Å²) in [7, 11) is 0. The van der Waals surface area contributed by atoms with Crippen molar-refractivity contribution in [2.24, 2.45) is 0 Å². The third-order valence-electron chi connectivity index (χ3n) is 5.57. The fourth-order valence-corrected chi connectivity index (χ4v) is 3.59. The molecule has 0 heterocycles. The monoisotopic (exact) mass is 434 g/mol. The molecule has 0 aliphatic heterocycles. The van der Waals surface area contributed by atoms with Crippen molar-refractivity contribution in [2.75, 3.05) is 10.6 Å². The Bertz CT molecular complexity index is 1290. The Labute approximate surface area is 194 Å². The highest BCUT2D eigenvalue weighted by atomic mass is 16.1. The summed E-state index contributed by atoms with van der Waals surface area (Å²) in [6.45, 7) is 5.84. The van der Waals surface area contributed by atoms with Crippen LogP contribution >= 0.6 is 0 Å². The van der Waals surface area contributed by atoms with Gasteiger partial charge in [-0.15, -0.1) is 0 Å². The van der Waals surface area contributed by atoms with E-state index in [4.69, 9.17) is 0 Å². The molecule has 3 aromatic carbocycles. The molecule has 0 amide bonds. The molecule has 0 aromatic heterocycles. The number of ketones is 2. The summed E-state index contributed by atoms with van der Waals surface area (Å²) in [5.41, 5.74) is 6.67. The Hall–Kier alpha value is -4.18. The summed E-state index contributed by atoms with van der Waals surface area (Å²) in [4.78, 5) is 26.4. The molecule has 4 nitrogen and oxygen atoms in total. The van der Waals surface area contributed by atoms with Crippen LogP contribution in [-0.4, -0.2) is 11.6 Å².